The number of H-pyrrole nitrogens is 1. The number of nitrogens with zero attached hydrogens (tertiary/aromatic N) is 3. The molecule has 3 aromatic heterocycles. The Kier molecular flexibility index (Phi) is 4.72. The second kappa shape index (κ2) is 7.48. The Morgan fingerprint density at radius 2 is 2.04 bits per heavy atom. The van der Waals surface area contributed by atoms with Crippen molar-refractivity contribution in [3.63, 3.8) is 0 Å². The van der Waals surface area contributed by atoms with Crippen LogP contribution >= 0.6 is 0 Å². The highest BCUT2D eigenvalue weighted by Gasteiger charge is 2.10. The Bertz CT molecular complexity index is 1200. The molecule has 0 aliphatic carbocycles. The minimum atomic E-state index is 0.0239. The summed E-state index contributed by atoms with van der Waals surface area (Å²) in [6.45, 7) is 9.85. The van der Waals surface area contributed by atoms with E-state index in [9.17, 15) is 0 Å². The van der Waals surface area contributed by atoms with Crippen LogP contribution in [0.25, 0.3) is 33.1 Å². The zero-order chi connectivity index (χ0) is 19.5. The molecule has 1 atom stereocenters. The summed E-state index contributed by atoms with van der Waals surface area (Å²) in [5.41, 5.74) is 4.84. The van der Waals surface area contributed by atoms with Gasteiger partial charge in [-0.05, 0) is 42.3 Å². The first-order valence-electron chi connectivity index (χ1n) is 9.08. The molecule has 0 saturated carbocycles. The molecule has 28 heavy (non-hydrogen) atoms. The van der Waals surface area contributed by atoms with Crippen molar-refractivity contribution in [1.82, 2.24) is 19.9 Å². The Balaban J connectivity index is 1.72. The van der Waals surface area contributed by atoms with E-state index in [2.05, 4.69) is 63.5 Å². The Morgan fingerprint density at radius 3 is 2.89 bits per heavy atom. The van der Waals surface area contributed by atoms with Gasteiger partial charge in [-0.15, -0.1) is 0 Å². The predicted molar refractivity (Wildman–Crippen MR) is 116 cm³/mol. The Morgan fingerprint density at radius 1 is 1.14 bits per heavy atom. The Hall–Kier alpha value is -3.73. The van der Waals surface area contributed by atoms with Crippen molar-refractivity contribution >= 4 is 27.8 Å². The standard InChI is InChI=1S/C23H21N5/c1-4-5-6-15(2)16(3)28-23-20-12-17(7-8-21(20)26-14-27-23)19-11-18-9-10-24-22(18)25-13-19/h4-14,16H,1-2H2,3H3,(H,24,25)(H,26,27,28)/b6-5-. The topological polar surface area (TPSA) is 66.5 Å². The van der Waals surface area contributed by atoms with Gasteiger partial charge in [-0.3, -0.25) is 0 Å². The van der Waals surface area contributed by atoms with Crippen molar-refractivity contribution in [3.8, 4) is 11.1 Å². The van der Waals surface area contributed by atoms with Crippen molar-refractivity contribution in [2.45, 2.75) is 13.0 Å². The fourth-order valence-corrected chi connectivity index (χ4v) is 3.08. The van der Waals surface area contributed by atoms with Gasteiger partial charge in [-0.1, -0.05) is 37.5 Å². The zero-order valence-corrected chi connectivity index (χ0v) is 15.7. The zero-order valence-electron chi connectivity index (χ0n) is 15.7. The van der Waals surface area contributed by atoms with Gasteiger partial charge in [0, 0.05) is 34.8 Å². The molecule has 138 valence electrons. The van der Waals surface area contributed by atoms with Crippen LogP contribution in [0, 0.1) is 0 Å². The van der Waals surface area contributed by atoms with Gasteiger partial charge in [0.1, 0.15) is 17.8 Å². The fraction of sp³-hybridized carbons (Fsp3) is 0.0870. The van der Waals surface area contributed by atoms with E-state index in [0.29, 0.717) is 0 Å². The largest absolute Gasteiger partial charge is 0.363 e. The van der Waals surface area contributed by atoms with Gasteiger partial charge in [0.25, 0.3) is 0 Å². The third-order valence-corrected chi connectivity index (χ3v) is 4.72. The number of hydrogen-bond donors (Lipinski definition) is 2. The molecule has 0 spiro atoms. The third-order valence-electron chi connectivity index (χ3n) is 4.72. The number of nitrogens with one attached hydrogen (secondary N) is 2. The summed E-state index contributed by atoms with van der Waals surface area (Å²) in [6, 6.07) is 10.3. The van der Waals surface area contributed by atoms with Crippen LogP contribution in [0.3, 0.4) is 0 Å². The molecule has 3 heterocycles. The van der Waals surface area contributed by atoms with Crippen LogP contribution in [0.5, 0.6) is 0 Å². The molecule has 0 bridgehead atoms. The van der Waals surface area contributed by atoms with Crippen LogP contribution in [0.4, 0.5) is 5.82 Å². The average Bonchev–Trinajstić information content (AvgIpc) is 3.19. The maximum absolute atomic E-state index is 4.49. The van der Waals surface area contributed by atoms with Gasteiger partial charge in [0.05, 0.1) is 5.52 Å². The molecule has 0 aliphatic heterocycles. The van der Waals surface area contributed by atoms with E-state index >= 15 is 0 Å². The van der Waals surface area contributed by atoms with Crippen LogP contribution in [0.1, 0.15) is 6.92 Å². The fourth-order valence-electron chi connectivity index (χ4n) is 3.08. The lowest BCUT2D eigenvalue weighted by Crippen LogP contribution is -2.17. The molecule has 1 unspecified atom stereocenters. The van der Waals surface area contributed by atoms with Crippen LogP contribution in [0.2, 0.25) is 0 Å². The van der Waals surface area contributed by atoms with Crippen molar-refractivity contribution < 1.29 is 0 Å². The third kappa shape index (κ3) is 3.42. The van der Waals surface area contributed by atoms with Gasteiger partial charge in [-0.2, -0.15) is 0 Å². The van der Waals surface area contributed by atoms with Gasteiger partial charge in [0.15, 0.2) is 0 Å². The van der Waals surface area contributed by atoms with E-state index in [0.717, 1.165) is 44.5 Å². The maximum atomic E-state index is 4.49. The Labute approximate surface area is 163 Å². The summed E-state index contributed by atoms with van der Waals surface area (Å²) in [5.74, 6) is 0.781. The number of aromatic nitrogens is 4. The molecular weight excluding hydrogens is 346 g/mol. The van der Waals surface area contributed by atoms with Crippen LogP contribution in [-0.2, 0) is 0 Å². The highest BCUT2D eigenvalue weighted by Crippen LogP contribution is 2.28. The van der Waals surface area contributed by atoms with Crippen molar-refractivity contribution in [1.29, 1.82) is 0 Å². The van der Waals surface area contributed by atoms with Crippen LogP contribution in [-0.4, -0.2) is 26.0 Å². The molecule has 0 fully saturated rings. The molecule has 5 nitrogen and oxygen atoms in total. The molecular formula is C23H21N5. The molecule has 0 amide bonds. The molecule has 5 heteroatoms. The number of aromatic amines is 1. The summed E-state index contributed by atoms with van der Waals surface area (Å²) in [5, 5.41) is 5.48. The lowest BCUT2D eigenvalue weighted by Gasteiger charge is -2.16. The molecule has 0 saturated heterocycles. The van der Waals surface area contributed by atoms with E-state index < -0.39 is 0 Å². The van der Waals surface area contributed by atoms with Gasteiger partial charge >= 0.3 is 0 Å². The molecule has 4 rings (SSSR count). The summed E-state index contributed by atoms with van der Waals surface area (Å²) >= 11 is 0. The monoisotopic (exact) mass is 367 g/mol. The van der Waals surface area contributed by atoms with E-state index in [1.54, 1.807) is 12.4 Å². The van der Waals surface area contributed by atoms with E-state index in [1.807, 2.05) is 36.7 Å². The normalized spacial score (nSPS) is 12.5. The van der Waals surface area contributed by atoms with Gasteiger partial charge < -0.3 is 10.3 Å². The molecule has 2 N–H and O–H groups in total. The van der Waals surface area contributed by atoms with Crippen molar-refractivity contribution in [2.75, 3.05) is 5.32 Å². The summed E-state index contributed by atoms with van der Waals surface area (Å²) in [7, 11) is 0. The average molecular weight is 367 g/mol. The molecule has 4 aromatic rings. The second-order valence-corrected chi connectivity index (χ2v) is 6.63. The first-order chi connectivity index (χ1) is 13.7. The molecule has 0 radical (unpaired) electrons. The van der Waals surface area contributed by atoms with Crippen molar-refractivity contribution in [2.24, 2.45) is 0 Å². The highest BCUT2D eigenvalue weighted by atomic mass is 15.0. The number of anilines is 1. The number of allylic oxidation sites excluding steroid dienone is 2. The number of fused-ring (bicyclic) bond motifs is 2. The maximum Gasteiger partial charge on any atom is 0.137 e. The smallest absolute Gasteiger partial charge is 0.137 e. The first-order valence-corrected chi connectivity index (χ1v) is 9.08. The van der Waals surface area contributed by atoms with Crippen molar-refractivity contribution in [3.05, 3.63) is 86.0 Å². The predicted octanol–water partition coefficient (Wildman–Crippen LogP) is 5.27. The van der Waals surface area contributed by atoms with Gasteiger partial charge in [-0.25, -0.2) is 15.0 Å². The summed E-state index contributed by atoms with van der Waals surface area (Å²) in [4.78, 5) is 16.5. The van der Waals surface area contributed by atoms with E-state index in [4.69, 9.17) is 0 Å². The quantitative estimate of drug-likeness (QED) is 0.456. The van der Waals surface area contributed by atoms with E-state index in [-0.39, 0.29) is 6.04 Å². The summed E-state index contributed by atoms with van der Waals surface area (Å²) in [6.07, 6.45) is 10.9. The second-order valence-electron chi connectivity index (χ2n) is 6.63. The molecule has 1 aromatic carbocycles. The number of pyridine rings is 1. The molecule has 0 aliphatic rings. The number of rotatable bonds is 6. The lowest BCUT2D eigenvalue weighted by molar-refractivity contribution is 0.944. The highest BCUT2D eigenvalue weighted by molar-refractivity contribution is 5.93. The summed E-state index contributed by atoms with van der Waals surface area (Å²) < 4.78 is 0. The number of hydrogen-bond acceptors (Lipinski definition) is 4. The first kappa shape index (κ1) is 17.7. The van der Waals surface area contributed by atoms with E-state index in [1.165, 1.54) is 0 Å². The number of benzene rings is 1. The minimum Gasteiger partial charge on any atom is -0.363 e. The minimum absolute atomic E-state index is 0.0239. The van der Waals surface area contributed by atoms with Crippen LogP contribution in [0.15, 0.2) is 86.0 Å². The lowest BCUT2D eigenvalue weighted by atomic mass is 10.0. The van der Waals surface area contributed by atoms with Crippen LogP contribution < -0.4 is 5.32 Å². The van der Waals surface area contributed by atoms with Gasteiger partial charge in [0.2, 0.25) is 0 Å². The SMILES string of the molecule is C=C/C=C\C(=C)C(C)Nc1ncnc2ccc(-c3cnc4[nH]ccc4c3)cc12.